The van der Waals surface area contributed by atoms with Crippen LogP contribution in [0.1, 0.15) is 30.9 Å². The summed E-state index contributed by atoms with van der Waals surface area (Å²) in [6.45, 7) is 1.68. The van der Waals surface area contributed by atoms with Crippen molar-refractivity contribution in [1.82, 2.24) is 19.6 Å². The maximum Gasteiger partial charge on any atom is 0.414 e. The predicted molar refractivity (Wildman–Crippen MR) is 157 cm³/mol. The molecule has 5 N–H and O–H groups in total. The predicted octanol–water partition coefficient (Wildman–Crippen LogP) is 1.70. The molecule has 0 unspecified atom stereocenters. The minimum absolute atomic E-state index is 0.113. The number of pyridine rings is 2. The number of sulfonamides is 1. The van der Waals surface area contributed by atoms with Gasteiger partial charge >= 0.3 is 11.9 Å². The van der Waals surface area contributed by atoms with Crippen LogP contribution >= 0.6 is 11.8 Å². The number of carboxylic acid groups (broad SMARTS) is 2. The number of β-amino-alcohol motifs (C(OH)–C–C–N with tert-alkyl or cyclic N) is 1. The van der Waals surface area contributed by atoms with Crippen LogP contribution < -0.4 is 14.8 Å². The van der Waals surface area contributed by atoms with Gasteiger partial charge in [0.15, 0.2) is 0 Å². The molecule has 4 heterocycles. The van der Waals surface area contributed by atoms with E-state index in [1.165, 1.54) is 17.8 Å². The molecule has 14 nitrogen and oxygen atoms in total. The fourth-order valence-electron chi connectivity index (χ4n) is 4.64. The number of methoxy groups -OCH3 is 1. The highest BCUT2D eigenvalue weighted by molar-refractivity contribution is 7.99. The number of aromatic nitrogens is 2. The topological polar surface area (TPSA) is 208 Å². The number of amides is 1. The summed E-state index contributed by atoms with van der Waals surface area (Å²) < 4.78 is 34.2. The van der Waals surface area contributed by atoms with Crippen LogP contribution in [0.25, 0.3) is 11.0 Å². The number of anilines is 1. The first-order chi connectivity index (χ1) is 20.5. The molecule has 1 aromatic carbocycles. The maximum absolute atomic E-state index is 13.1. The Morgan fingerprint density at radius 3 is 2.56 bits per heavy atom. The summed E-state index contributed by atoms with van der Waals surface area (Å²) in [5.74, 6) is -2.64. The molecule has 1 amide bonds. The molecule has 2 aliphatic heterocycles. The van der Waals surface area contributed by atoms with Crippen molar-refractivity contribution in [1.29, 1.82) is 0 Å². The maximum atomic E-state index is 13.1. The number of fused-ring (bicyclic) bond motifs is 2. The summed E-state index contributed by atoms with van der Waals surface area (Å²) in [7, 11) is -2.20. The summed E-state index contributed by atoms with van der Waals surface area (Å²) in [4.78, 5) is 42.0. The number of rotatable bonds is 7. The molecule has 16 heteroatoms. The summed E-state index contributed by atoms with van der Waals surface area (Å²) in [5.41, 5.74) is 2.50. The molecule has 0 bridgehead atoms. The average Bonchev–Trinajstić information content (AvgIpc) is 3.17. The van der Waals surface area contributed by atoms with E-state index in [-0.39, 0.29) is 16.8 Å². The summed E-state index contributed by atoms with van der Waals surface area (Å²) in [6.07, 6.45) is 2.52. The van der Waals surface area contributed by atoms with Gasteiger partial charge in [-0.05, 0) is 56.3 Å². The number of hydrogen-bond donors (Lipinski definition) is 5. The molecule has 1 atom stereocenters. The summed E-state index contributed by atoms with van der Waals surface area (Å²) in [6, 6.07) is 9.96. The van der Waals surface area contributed by atoms with Gasteiger partial charge in [0.25, 0.3) is 0 Å². The first-order valence-corrected chi connectivity index (χ1v) is 15.7. The Morgan fingerprint density at radius 2 is 1.88 bits per heavy atom. The number of hydrogen-bond acceptors (Lipinski definition) is 11. The minimum atomic E-state index is -3.74. The number of carbonyl (C=O) groups is 3. The smallest absolute Gasteiger partial charge is 0.414 e. The fraction of sp³-hybridized carbons (Fsp3) is 0.370. The molecule has 0 aliphatic carbocycles. The van der Waals surface area contributed by atoms with E-state index in [1.807, 2.05) is 6.07 Å². The van der Waals surface area contributed by atoms with Crippen molar-refractivity contribution in [3.8, 4) is 5.88 Å². The Kier molecular flexibility index (Phi) is 10.5. The van der Waals surface area contributed by atoms with Crippen molar-refractivity contribution in [2.75, 3.05) is 37.8 Å². The molecule has 0 saturated carbocycles. The standard InChI is InChI=1S/C25H29N5O5S2.C2H2O4/c1-35-24-5-3-19-25(28-24)18(6-10-26-19)21(31)15-30-11-7-16(8-12-30)29-37(33,34)17-2-4-22-20(14-17)27-23(32)9-13-36-22;3-1(4)2(5)6/h2-6,10,14,16,21,29,31H,7-9,11-13,15H2,1H3,(H,27,32);(H,3,4)(H,5,6)/t21-;/m0./s1. The number of carbonyl (C=O) groups excluding carboxylic acids is 1. The molecule has 43 heavy (non-hydrogen) atoms. The number of piperidine rings is 1. The molecule has 2 aliphatic rings. The van der Waals surface area contributed by atoms with E-state index in [9.17, 15) is 18.3 Å². The lowest BCUT2D eigenvalue weighted by Gasteiger charge is -2.33. The van der Waals surface area contributed by atoms with Crippen LogP contribution in [-0.2, 0) is 24.4 Å². The van der Waals surface area contributed by atoms with E-state index in [1.54, 1.807) is 37.6 Å². The zero-order chi connectivity index (χ0) is 31.1. The van der Waals surface area contributed by atoms with E-state index in [0.717, 1.165) is 4.90 Å². The van der Waals surface area contributed by atoms with Gasteiger partial charge < -0.3 is 30.3 Å². The molecule has 0 spiro atoms. The molecule has 2 aromatic heterocycles. The number of thioether (sulfide) groups is 1. The van der Waals surface area contributed by atoms with Gasteiger partial charge in [0, 0.05) is 47.5 Å². The molecule has 1 saturated heterocycles. The Bertz CT molecular complexity index is 1600. The number of likely N-dealkylation sites (tertiary alicyclic amines) is 1. The van der Waals surface area contributed by atoms with Gasteiger partial charge in [-0.2, -0.15) is 0 Å². The van der Waals surface area contributed by atoms with E-state index in [4.69, 9.17) is 24.5 Å². The quantitative estimate of drug-likeness (QED) is 0.235. The van der Waals surface area contributed by atoms with Crippen LogP contribution in [0.15, 0.2) is 52.4 Å². The Hall–Kier alpha value is -3.83. The second-order valence-corrected chi connectivity index (χ2v) is 12.6. The molecular formula is C27H31N5O9S2. The van der Waals surface area contributed by atoms with E-state index in [0.29, 0.717) is 72.8 Å². The zero-order valence-corrected chi connectivity index (χ0v) is 24.7. The number of carboxylic acids is 2. The molecule has 0 radical (unpaired) electrons. The third-order valence-corrected chi connectivity index (χ3v) is 9.40. The van der Waals surface area contributed by atoms with Gasteiger partial charge in [-0.1, -0.05) is 0 Å². The lowest BCUT2D eigenvalue weighted by atomic mass is 10.0. The lowest BCUT2D eigenvalue weighted by Crippen LogP contribution is -2.45. The highest BCUT2D eigenvalue weighted by Crippen LogP contribution is 2.33. The van der Waals surface area contributed by atoms with Crippen LogP contribution in [0.5, 0.6) is 5.88 Å². The largest absolute Gasteiger partial charge is 0.481 e. The SMILES string of the molecule is COc1ccc2nccc([C@@H](O)CN3CCC(NS(=O)(=O)c4ccc5c(c4)NC(=O)CCS5)CC3)c2n1.O=C(O)C(=O)O. The van der Waals surface area contributed by atoms with Crippen LogP contribution in [0.2, 0.25) is 0 Å². The molecule has 230 valence electrons. The first-order valence-electron chi connectivity index (χ1n) is 13.2. The number of benzene rings is 1. The molecule has 1 fully saturated rings. The van der Waals surface area contributed by atoms with Gasteiger partial charge in [-0.3, -0.25) is 9.78 Å². The summed E-state index contributed by atoms with van der Waals surface area (Å²) >= 11 is 1.54. The first kappa shape index (κ1) is 32.1. The van der Waals surface area contributed by atoms with E-state index in [2.05, 4.69) is 24.9 Å². The van der Waals surface area contributed by atoms with Crippen LogP contribution in [0, 0.1) is 0 Å². The Labute approximate surface area is 251 Å². The minimum Gasteiger partial charge on any atom is -0.481 e. The molecule has 3 aromatic rings. The normalized spacial score (nSPS) is 16.7. The second-order valence-electron chi connectivity index (χ2n) is 9.75. The number of aliphatic hydroxyl groups is 1. The van der Waals surface area contributed by atoms with Crippen molar-refractivity contribution in [2.45, 2.75) is 41.2 Å². The van der Waals surface area contributed by atoms with Crippen LogP contribution in [0.3, 0.4) is 0 Å². The van der Waals surface area contributed by atoms with Crippen LogP contribution in [0.4, 0.5) is 5.69 Å². The second kappa shape index (κ2) is 14.1. The van der Waals surface area contributed by atoms with Crippen molar-refractivity contribution >= 4 is 56.4 Å². The van der Waals surface area contributed by atoms with E-state index >= 15 is 0 Å². The van der Waals surface area contributed by atoms with Gasteiger partial charge in [-0.25, -0.2) is 27.7 Å². The highest BCUT2D eigenvalue weighted by Gasteiger charge is 2.27. The number of ether oxygens (including phenoxy) is 1. The Morgan fingerprint density at radius 1 is 1.16 bits per heavy atom. The number of nitrogens with one attached hydrogen (secondary N) is 2. The third-order valence-electron chi connectivity index (χ3n) is 6.80. The molecular weight excluding hydrogens is 602 g/mol. The monoisotopic (exact) mass is 633 g/mol. The van der Waals surface area contributed by atoms with Crippen LogP contribution in [-0.4, -0.2) is 95.0 Å². The fourth-order valence-corrected chi connectivity index (χ4v) is 6.91. The van der Waals surface area contributed by atoms with Gasteiger partial charge in [0.1, 0.15) is 0 Å². The van der Waals surface area contributed by atoms with E-state index < -0.39 is 28.1 Å². The van der Waals surface area contributed by atoms with Crippen molar-refractivity contribution in [3.63, 3.8) is 0 Å². The van der Waals surface area contributed by atoms with Crippen molar-refractivity contribution < 1.29 is 42.9 Å². The highest BCUT2D eigenvalue weighted by atomic mass is 32.2. The van der Waals surface area contributed by atoms with Crippen molar-refractivity contribution in [3.05, 3.63) is 48.2 Å². The zero-order valence-electron chi connectivity index (χ0n) is 23.1. The number of nitrogens with zero attached hydrogens (tertiary/aromatic N) is 3. The van der Waals surface area contributed by atoms with Crippen molar-refractivity contribution in [2.24, 2.45) is 0 Å². The van der Waals surface area contributed by atoms with Gasteiger partial charge in [0.05, 0.1) is 34.8 Å². The number of aliphatic carboxylic acids is 2. The third kappa shape index (κ3) is 8.39. The van der Waals surface area contributed by atoms with Gasteiger partial charge in [0.2, 0.25) is 21.8 Å². The van der Waals surface area contributed by atoms with Gasteiger partial charge in [-0.15, -0.1) is 11.8 Å². The Balaban J connectivity index is 0.000000641. The summed E-state index contributed by atoms with van der Waals surface area (Å²) in [5, 5.41) is 28.6. The molecule has 5 rings (SSSR count). The average molecular weight is 634 g/mol. The number of aliphatic hydroxyl groups excluding tert-OH is 1. The lowest BCUT2D eigenvalue weighted by molar-refractivity contribution is -0.159.